The summed E-state index contributed by atoms with van der Waals surface area (Å²) in [7, 11) is 0. The molecular formula is C19H20N2O2. The largest absolute Gasteiger partial charge is 0.494 e. The van der Waals surface area contributed by atoms with Crippen LogP contribution in [-0.4, -0.2) is 12.5 Å². The van der Waals surface area contributed by atoms with Crippen molar-refractivity contribution in [2.24, 2.45) is 5.92 Å². The van der Waals surface area contributed by atoms with Gasteiger partial charge in [0.2, 0.25) is 0 Å². The minimum absolute atomic E-state index is 0.262. The van der Waals surface area contributed by atoms with Crippen molar-refractivity contribution in [1.29, 1.82) is 5.26 Å². The number of nitriles is 1. The predicted molar refractivity (Wildman–Crippen MR) is 90.5 cm³/mol. The highest BCUT2D eigenvalue weighted by atomic mass is 16.5. The number of carbonyl (C=O) groups is 1. The van der Waals surface area contributed by atoms with Gasteiger partial charge in [0.25, 0.3) is 5.91 Å². The van der Waals surface area contributed by atoms with Gasteiger partial charge in [0.1, 0.15) is 11.8 Å². The zero-order valence-corrected chi connectivity index (χ0v) is 13.4. The molecule has 4 heteroatoms. The molecule has 0 aliphatic carbocycles. The summed E-state index contributed by atoms with van der Waals surface area (Å²) < 4.78 is 5.67. The van der Waals surface area contributed by atoms with Crippen LogP contribution in [0.5, 0.6) is 5.75 Å². The molecule has 23 heavy (non-hydrogen) atoms. The summed E-state index contributed by atoms with van der Waals surface area (Å²) in [5.74, 6) is 0.984. The SMILES string of the molecule is CC(C)CCOc1cccc(C(=O)Nc2ccccc2C#N)c1. The Morgan fingerprint density at radius 3 is 2.74 bits per heavy atom. The van der Waals surface area contributed by atoms with Crippen molar-refractivity contribution in [3.63, 3.8) is 0 Å². The normalized spacial score (nSPS) is 10.2. The second kappa shape index (κ2) is 8.00. The Hall–Kier alpha value is -2.80. The first-order valence-electron chi connectivity index (χ1n) is 7.63. The van der Waals surface area contributed by atoms with Crippen LogP contribution >= 0.6 is 0 Å². The van der Waals surface area contributed by atoms with E-state index in [0.29, 0.717) is 35.1 Å². The molecule has 0 saturated heterocycles. The monoisotopic (exact) mass is 308 g/mol. The first kappa shape index (κ1) is 16.6. The molecule has 1 amide bonds. The lowest BCUT2D eigenvalue weighted by molar-refractivity contribution is 0.102. The number of nitrogens with zero attached hydrogens (tertiary/aromatic N) is 1. The number of ether oxygens (including phenoxy) is 1. The van der Waals surface area contributed by atoms with Gasteiger partial charge in [-0.1, -0.05) is 32.0 Å². The van der Waals surface area contributed by atoms with Crippen molar-refractivity contribution >= 4 is 11.6 Å². The molecule has 118 valence electrons. The fraction of sp³-hybridized carbons (Fsp3) is 0.263. The number of benzene rings is 2. The number of anilines is 1. The first-order chi connectivity index (χ1) is 11.1. The lowest BCUT2D eigenvalue weighted by atomic mass is 10.1. The van der Waals surface area contributed by atoms with Crippen LogP contribution in [0.15, 0.2) is 48.5 Å². The molecule has 4 nitrogen and oxygen atoms in total. The van der Waals surface area contributed by atoms with Gasteiger partial charge < -0.3 is 10.1 Å². The summed E-state index contributed by atoms with van der Waals surface area (Å²) in [4.78, 5) is 12.3. The Balaban J connectivity index is 2.06. The van der Waals surface area contributed by atoms with Crippen LogP contribution in [0.2, 0.25) is 0 Å². The summed E-state index contributed by atoms with van der Waals surface area (Å²) in [6.07, 6.45) is 0.964. The molecule has 1 N–H and O–H groups in total. The van der Waals surface area contributed by atoms with Gasteiger partial charge in [-0.2, -0.15) is 5.26 Å². The maximum atomic E-state index is 12.3. The number of carbonyl (C=O) groups excluding carboxylic acids is 1. The maximum absolute atomic E-state index is 12.3. The van der Waals surface area contributed by atoms with Crippen molar-refractivity contribution in [3.05, 3.63) is 59.7 Å². The Morgan fingerprint density at radius 1 is 1.22 bits per heavy atom. The third-order valence-corrected chi connectivity index (χ3v) is 3.36. The zero-order valence-electron chi connectivity index (χ0n) is 13.4. The highest BCUT2D eigenvalue weighted by Crippen LogP contribution is 2.18. The van der Waals surface area contributed by atoms with E-state index >= 15 is 0 Å². The van der Waals surface area contributed by atoms with Crippen molar-refractivity contribution in [2.45, 2.75) is 20.3 Å². The Labute approximate surface area is 136 Å². The average Bonchev–Trinajstić information content (AvgIpc) is 2.55. The minimum atomic E-state index is -0.262. The van der Waals surface area contributed by atoms with Gasteiger partial charge in [0, 0.05) is 5.56 Å². The first-order valence-corrected chi connectivity index (χ1v) is 7.63. The van der Waals surface area contributed by atoms with E-state index in [0.717, 1.165) is 6.42 Å². The number of hydrogen-bond donors (Lipinski definition) is 1. The summed E-state index contributed by atoms with van der Waals surface area (Å²) in [5.41, 5.74) is 1.44. The van der Waals surface area contributed by atoms with Crippen LogP contribution in [-0.2, 0) is 0 Å². The fourth-order valence-corrected chi connectivity index (χ4v) is 2.02. The fourth-order valence-electron chi connectivity index (χ4n) is 2.02. The highest BCUT2D eigenvalue weighted by molar-refractivity contribution is 6.05. The number of para-hydroxylation sites is 1. The van der Waals surface area contributed by atoms with Crippen molar-refractivity contribution in [3.8, 4) is 11.8 Å². The van der Waals surface area contributed by atoms with Crippen LogP contribution < -0.4 is 10.1 Å². The Kier molecular flexibility index (Phi) is 5.76. The Morgan fingerprint density at radius 2 is 2.00 bits per heavy atom. The van der Waals surface area contributed by atoms with E-state index in [1.807, 2.05) is 6.07 Å². The standard InChI is InChI=1S/C19H20N2O2/c1-14(2)10-11-23-17-8-5-7-15(12-17)19(22)21-18-9-4-3-6-16(18)13-20/h3-9,12,14H,10-11H2,1-2H3,(H,21,22). The molecule has 0 aromatic heterocycles. The molecule has 2 aromatic carbocycles. The van der Waals surface area contributed by atoms with Gasteiger partial charge >= 0.3 is 0 Å². The van der Waals surface area contributed by atoms with Gasteiger partial charge in [0.05, 0.1) is 17.9 Å². The van der Waals surface area contributed by atoms with Crippen LogP contribution in [0.1, 0.15) is 36.2 Å². The van der Waals surface area contributed by atoms with E-state index in [4.69, 9.17) is 10.00 Å². The predicted octanol–water partition coefficient (Wildman–Crippen LogP) is 4.24. The van der Waals surface area contributed by atoms with Crippen LogP contribution in [0, 0.1) is 17.2 Å². The van der Waals surface area contributed by atoms with E-state index in [1.165, 1.54) is 0 Å². The van der Waals surface area contributed by atoms with E-state index in [9.17, 15) is 4.79 Å². The van der Waals surface area contributed by atoms with Gasteiger partial charge in [-0.15, -0.1) is 0 Å². The topological polar surface area (TPSA) is 62.1 Å². The van der Waals surface area contributed by atoms with E-state index in [1.54, 1.807) is 42.5 Å². The average molecular weight is 308 g/mol. The van der Waals surface area contributed by atoms with Gasteiger partial charge in [-0.3, -0.25) is 4.79 Å². The molecule has 2 rings (SSSR count). The van der Waals surface area contributed by atoms with Crippen molar-refractivity contribution in [2.75, 3.05) is 11.9 Å². The molecule has 0 spiro atoms. The smallest absolute Gasteiger partial charge is 0.255 e. The van der Waals surface area contributed by atoms with Crippen LogP contribution in [0.25, 0.3) is 0 Å². The molecule has 0 atom stereocenters. The van der Waals surface area contributed by atoms with E-state index < -0.39 is 0 Å². The summed E-state index contributed by atoms with van der Waals surface area (Å²) in [6.45, 7) is 4.90. The molecule has 2 aromatic rings. The van der Waals surface area contributed by atoms with Gasteiger partial charge in [-0.25, -0.2) is 0 Å². The zero-order chi connectivity index (χ0) is 16.7. The number of amides is 1. The van der Waals surface area contributed by atoms with Crippen molar-refractivity contribution in [1.82, 2.24) is 0 Å². The minimum Gasteiger partial charge on any atom is -0.494 e. The van der Waals surface area contributed by atoms with Gasteiger partial charge in [0.15, 0.2) is 0 Å². The lowest BCUT2D eigenvalue weighted by Crippen LogP contribution is -2.13. The van der Waals surface area contributed by atoms with E-state index in [2.05, 4.69) is 25.2 Å². The lowest BCUT2D eigenvalue weighted by Gasteiger charge is -2.10. The second-order valence-corrected chi connectivity index (χ2v) is 5.67. The molecular weight excluding hydrogens is 288 g/mol. The molecule has 0 heterocycles. The summed E-state index contributed by atoms with van der Waals surface area (Å²) >= 11 is 0. The highest BCUT2D eigenvalue weighted by Gasteiger charge is 2.09. The van der Waals surface area contributed by atoms with Crippen LogP contribution in [0.4, 0.5) is 5.69 Å². The number of hydrogen-bond acceptors (Lipinski definition) is 3. The van der Waals surface area contributed by atoms with Crippen LogP contribution in [0.3, 0.4) is 0 Å². The number of nitrogens with one attached hydrogen (secondary N) is 1. The molecule has 0 aliphatic heterocycles. The summed E-state index contributed by atoms with van der Waals surface area (Å²) in [5, 5.41) is 11.8. The quantitative estimate of drug-likeness (QED) is 0.868. The third kappa shape index (κ3) is 4.86. The summed E-state index contributed by atoms with van der Waals surface area (Å²) in [6, 6.07) is 16.0. The van der Waals surface area contributed by atoms with Crippen molar-refractivity contribution < 1.29 is 9.53 Å². The number of rotatable bonds is 6. The molecule has 0 bridgehead atoms. The molecule has 0 aliphatic rings. The molecule has 0 unspecified atom stereocenters. The Bertz CT molecular complexity index is 717. The van der Waals surface area contributed by atoms with E-state index in [-0.39, 0.29) is 5.91 Å². The second-order valence-electron chi connectivity index (χ2n) is 5.67. The van der Waals surface area contributed by atoms with Gasteiger partial charge in [-0.05, 0) is 42.7 Å². The molecule has 0 fully saturated rings. The molecule has 0 saturated carbocycles. The third-order valence-electron chi connectivity index (χ3n) is 3.36. The molecule has 0 radical (unpaired) electrons. The maximum Gasteiger partial charge on any atom is 0.255 e.